The maximum atomic E-state index is 12.4. The van der Waals surface area contributed by atoms with Crippen molar-refractivity contribution >= 4 is 43.3 Å². The third-order valence-electron chi connectivity index (χ3n) is 3.80. The van der Waals surface area contributed by atoms with Crippen molar-refractivity contribution in [2.24, 2.45) is 7.05 Å². The summed E-state index contributed by atoms with van der Waals surface area (Å²) in [6.45, 7) is 1.22. The number of hydrogen-bond acceptors (Lipinski definition) is 6. The fourth-order valence-corrected chi connectivity index (χ4v) is 4.16. The fraction of sp³-hybridized carbons (Fsp3) is 0.467. The molecule has 0 unspecified atom stereocenters. The van der Waals surface area contributed by atoms with E-state index in [0.717, 1.165) is 10.2 Å². The monoisotopic (exact) mass is 401 g/mol. The predicted octanol–water partition coefficient (Wildman–Crippen LogP) is 2.79. The van der Waals surface area contributed by atoms with Gasteiger partial charge in [0.25, 0.3) is 5.56 Å². The van der Waals surface area contributed by atoms with Gasteiger partial charge in [0.05, 0.1) is 27.2 Å². The molecule has 2 aromatic rings. The van der Waals surface area contributed by atoms with Gasteiger partial charge in [-0.1, -0.05) is 0 Å². The van der Waals surface area contributed by atoms with E-state index in [1.165, 1.54) is 15.9 Å². The summed E-state index contributed by atoms with van der Waals surface area (Å²) in [6, 6.07) is 1.75. The van der Waals surface area contributed by atoms with Crippen LogP contribution in [0.25, 0.3) is 10.2 Å². The molecule has 6 nitrogen and oxygen atoms in total. The molecule has 8 heteroatoms. The second kappa shape index (κ2) is 6.72. The van der Waals surface area contributed by atoms with Crippen LogP contribution in [0.4, 0.5) is 0 Å². The second-order valence-electron chi connectivity index (χ2n) is 5.34. The van der Waals surface area contributed by atoms with Gasteiger partial charge in [0.15, 0.2) is 17.8 Å². The molecule has 3 heterocycles. The number of aromatic nitrogens is 1. The molecule has 23 heavy (non-hydrogen) atoms. The van der Waals surface area contributed by atoms with E-state index in [9.17, 15) is 14.7 Å². The lowest BCUT2D eigenvalue weighted by Gasteiger charge is -2.22. The average molecular weight is 402 g/mol. The molecule has 0 aromatic carbocycles. The maximum Gasteiger partial charge on any atom is 0.265 e. The van der Waals surface area contributed by atoms with Gasteiger partial charge in [0.1, 0.15) is 5.56 Å². The van der Waals surface area contributed by atoms with E-state index in [1.807, 2.05) is 0 Å². The standard InChI is InChI=1S/C15H16BrNO5S/c1-17-8-7-10(16)23-14(8)13(19)12(15(17)20)9(18)3-4-11-21-5-2-6-22-11/h7,11,19H,2-6H2,1H3. The van der Waals surface area contributed by atoms with Crippen molar-refractivity contribution in [3.63, 3.8) is 0 Å². The van der Waals surface area contributed by atoms with E-state index in [1.54, 1.807) is 13.1 Å². The number of thiophene rings is 1. The predicted molar refractivity (Wildman–Crippen MR) is 90.3 cm³/mol. The number of Topliss-reactive ketones (excluding diaryl/α,β-unsaturated/α-hetero) is 1. The van der Waals surface area contributed by atoms with Crippen LogP contribution in [-0.4, -0.2) is 35.0 Å². The maximum absolute atomic E-state index is 12.4. The molecule has 1 aliphatic heterocycles. The number of rotatable bonds is 4. The third-order valence-corrected chi connectivity index (χ3v) is 5.43. The molecule has 0 bridgehead atoms. The molecule has 1 fully saturated rings. The molecule has 1 aliphatic rings. The normalized spacial score (nSPS) is 16.1. The van der Waals surface area contributed by atoms with E-state index < -0.39 is 17.6 Å². The number of nitrogens with zero attached hydrogens (tertiary/aromatic N) is 1. The van der Waals surface area contributed by atoms with Crippen molar-refractivity contribution in [1.82, 2.24) is 4.57 Å². The van der Waals surface area contributed by atoms with Gasteiger partial charge >= 0.3 is 0 Å². The Bertz CT molecular complexity index is 806. The Morgan fingerprint density at radius 3 is 2.87 bits per heavy atom. The zero-order valence-electron chi connectivity index (χ0n) is 12.5. The number of aromatic hydroxyl groups is 1. The first kappa shape index (κ1) is 16.6. The quantitative estimate of drug-likeness (QED) is 0.796. The van der Waals surface area contributed by atoms with Crippen LogP contribution in [0.2, 0.25) is 0 Å². The van der Waals surface area contributed by atoms with Crippen LogP contribution in [0, 0.1) is 0 Å². The summed E-state index contributed by atoms with van der Waals surface area (Å²) in [7, 11) is 1.59. The van der Waals surface area contributed by atoms with Gasteiger partial charge in [0, 0.05) is 19.9 Å². The molecule has 0 spiro atoms. The van der Waals surface area contributed by atoms with E-state index in [2.05, 4.69) is 15.9 Å². The molecule has 2 aromatic heterocycles. The van der Waals surface area contributed by atoms with Crippen molar-refractivity contribution in [3.05, 3.63) is 25.8 Å². The molecule has 0 saturated carbocycles. The zero-order chi connectivity index (χ0) is 16.6. The van der Waals surface area contributed by atoms with Crippen LogP contribution in [0.15, 0.2) is 14.6 Å². The minimum absolute atomic E-state index is 0.0888. The van der Waals surface area contributed by atoms with E-state index in [4.69, 9.17) is 9.47 Å². The molecule has 0 amide bonds. The molecule has 0 aliphatic carbocycles. The summed E-state index contributed by atoms with van der Waals surface area (Å²) in [5.74, 6) is -0.637. The molecule has 3 rings (SSSR count). The number of hydrogen-bond donors (Lipinski definition) is 1. The van der Waals surface area contributed by atoms with Crippen molar-refractivity contribution in [2.45, 2.75) is 25.6 Å². The molecule has 124 valence electrons. The van der Waals surface area contributed by atoms with Crippen LogP contribution in [0.3, 0.4) is 0 Å². The number of aryl methyl sites for hydroxylation is 1. The summed E-state index contributed by atoms with van der Waals surface area (Å²) < 4.78 is 13.5. The highest BCUT2D eigenvalue weighted by Gasteiger charge is 2.24. The lowest BCUT2D eigenvalue weighted by atomic mass is 10.1. The van der Waals surface area contributed by atoms with Crippen LogP contribution in [0.5, 0.6) is 5.75 Å². The van der Waals surface area contributed by atoms with Gasteiger partial charge in [-0.05, 0) is 28.4 Å². The molecule has 0 radical (unpaired) electrons. The highest BCUT2D eigenvalue weighted by Crippen LogP contribution is 2.36. The number of halogens is 1. The Hall–Kier alpha value is -1.22. The Labute approximate surface area is 144 Å². The lowest BCUT2D eigenvalue weighted by Crippen LogP contribution is -2.27. The Kier molecular flexibility index (Phi) is 4.86. The topological polar surface area (TPSA) is 77.8 Å². The van der Waals surface area contributed by atoms with Crippen molar-refractivity contribution in [2.75, 3.05) is 13.2 Å². The van der Waals surface area contributed by atoms with Gasteiger partial charge in [-0.3, -0.25) is 9.59 Å². The number of fused-ring (bicyclic) bond motifs is 1. The molecule has 0 atom stereocenters. The van der Waals surface area contributed by atoms with Gasteiger partial charge in [-0.25, -0.2) is 0 Å². The van der Waals surface area contributed by atoms with Crippen LogP contribution >= 0.6 is 27.3 Å². The van der Waals surface area contributed by atoms with E-state index in [0.29, 0.717) is 29.9 Å². The minimum Gasteiger partial charge on any atom is -0.505 e. The van der Waals surface area contributed by atoms with Crippen LogP contribution in [0.1, 0.15) is 29.6 Å². The second-order valence-corrected chi connectivity index (χ2v) is 7.77. The average Bonchev–Trinajstić information content (AvgIpc) is 2.94. The highest BCUT2D eigenvalue weighted by atomic mass is 79.9. The SMILES string of the molecule is Cn1c(=O)c(C(=O)CCC2OCCCO2)c(O)c2sc(Br)cc21. The molecule has 1 saturated heterocycles. The fourth-order valence-electron chi connectivity index (χ4n) is 2.59. The summed E-state index contributed by atoms with van der Waals surface area (Å²) in [4.78, 5) is 24.9. The third kappa shape index (κ3) is 3.21. The highest BCUT2D eigenvalue weighted by molar-refractivity contribution is 9.11. The summed E-state index contributed by atoms with van der Waals surface area (Å²) in [6.07, 6.45) is 0.882. The smallest absolute Gasteiger partial charge is 0.265 e. The Morgan fingerprint density at radius 1 is 1.48 bits per heavy atom. The van der Waals surface area contributed by atoms with Gasteiger partial charge in [-0.2, -0.15) is 0 Å². The van der Waals surface area contributed by atoms with E-state index in [-0.39, 0.29) is 17.7 Å². The molecular formula is C15H16BrNO5S. The summed E-state index contributed by atoms with van der Waals surface area (Å²) in [5, 5.41) is 10.4. The van der Waals surface area contributed by atoms with Crippen molar-refractivity contribution < 1.29 is 19.4 Å². The first-order chi connectivity index (χ1) is 11.0. The number of carbonyl (C=O) groups is 1. The van der Waals surface area contributed by atoms with Crippen LogP contribution < -0.4 is 5.56 Å². The zero-order valence-corrected chi connectivity index (χ0v) is 14.9. The van der Waals surface area contributed by atoms with Crippen LogP contribution in [-0.2, 0) is 16.5 Å². The van der Waals surface area contributed by atoms with E-state index >= 15 is 0 Å². The largest absolute Gasteiger partial charge is 0.505 e. The first-order valence-corrected chi connectivity index (χ1v) is 8.87. The Balaban J connectivity index is 1.89. The lowest BCUT2D eigenvalue weighted by molar-refractivity contribution is -0.180. The molecular weight excluding hydrogens is 386 g/mol. The van der Waals surface area contributed by atoms with Gasteiger partial charge < -0.3 is 19.1 Å². The number of pyridine rings is 1. The van der Waals surface area contributed by atoms with Crippen molar-refractivity contribution in [3.8, 4) is 5.75 Å². The summed E-state index contributed by atoms with van der Waals surface area (Å²) in [5.41, 5.74) is -0.0548. The number of carbonyl (C=O) groups excluding carboxylic acids is 1. The summed E-state index contributed by atoms with van der Waals surface area (Å²) >= 11 is 4.62. The van der Waals surface area contributed by atoms with Crippen molar-refractivity contribution in [1.29, 1.82) is 0 Å². The first-order valence-electron chi connectivity index (χ1n) is 7.26. The van der Waals surface area contributed by atoms with Gasteiger partial charge in [-0.15, -0.1) is 11.3 Å². The minimum atomic E-state index is -0.490. The molecule has 1 N–H and O–H groups in total. The van der Waals surface area contributed by atoms with Gasteiger partial charge in [0.2, 0.25) is 0 Å². The number of ketones is 1. The number of ether oxygens (including phenoxy) is 2. The Morgan fingerprint density at radius 2 is 2.17 bits per heavy atom.